The summed E-state index contributed by atoms with van der Waals surface area (Å²) < 4.78 is 0. The summed E-state index contributed by atoms with van der Waals surface area (Å²) in [5.41, 5.74) is 6.02. The molecule has 0 aliphatic carbocycles. The third kappa shape index (κ3) is 4.92. The molecule has 3 N–H and O–H groups in total. The molecule has 0 unspecified atom stereocenters. The van der Waals surface area contributed by atoms with Crippen LogP contribution in [0.1, 0.15) is 32.1 Å². The summed E-state index contributed by atoms with van der Waals surface area (Å²) in [5.74, 6) is 0. The number of allylic oxidation sites excluding steroid dienone is 1. The largest absolute Gasteiger partial charge is 0.392 e. The number of anilines is 1. The second kappa shape index (κ2) is 9.14. The molecule has 0 amide bonds. The number of rotatable bonds is 10. The topological polar surface area (TPSA) is 39.9 Å². The van der Waals surface area contributed by atoms with Crippen LogP contribution in [-0.2, 0) is 0 Å². The van der Waals surface area contributed by atoms with Gasteiger partial charge in [-0.2, -0.15) is 0 Å². The number of nitrogens with one attached hydrogen (secondary N) is 3. The number of H-pyrrole nitrogens is 1. The molecule has 0 aliphatic heterocycles. The standard InChI is InChI=1S/C23H29N3/c1-18(24-2)8-5-3-4-6-14-25-22-10-7-9-19(17-22)20-11-12-23-21(16-20)13-15-26-23/h7,9-13,15-17,24-26H,1,3-6,8,14H2,2H3. The fraction of sp³-hybridized carbons (Fsp3) is 0.304. The maximum atomic E-state index is 3.97. The van der Waals surface area contributed by atoms with Crippen LogP contribution in [0.3, 0.4) is 0 Å². The summed E-state index contributed by atoms with van der Waals surface area (Å²) in [6.45, 7) is 4.99. The van der Waals surface area contributed by atoms with Crippen molar-refractivity contribution in [3.05, 3.63) is 67.0 Å². The molecule has 0 saturated heterocycles. The van der Waals surface area contributed by atoms with Crippen molar-refractivity contribution in [2.24, 2.45) is 0 Å². The van der Waals surface area contributed by atoms with Crippen LogP contribution < -0.4 is 10.6 Å². The number of hydrogen-bond acceptors (Lipinski definition) is 2. The van der Waals surface area contributed by atoms with Gasteiger partial charge in [0.25, 0.3) is 0 Å². The summed E-state index contributed by atoms with van der Waals surface area (Å²) in [7, 11) is 1.94. The minimum atomic E-state index is 1.02. The van der Waals surface area contributed by atoms with E-state index >= 15 is 0 Å². The summed E-state index contributed by atoms with van der Waals surface area (Å²) >= 11 is 0. The molecule has 0 atom stereocenters. The van der Waals surface area contributed by atoms with Crippen LogP contribution >= 0.6 is 0 Å². The van der Waals surface area contributed by atoms with E-state index in [1.54, 1.807) is 0 Å². The molecule has 1 heterocycles. The summed E-state index contributed by atoms with van der Waals surface area (Å²) in [5, 5.41) is 7.92. The van der Waals surface area contributed by atoms with Gasteiger partial charge in [-0.25, -0.2) is 0 Å². The summed E-state index contributed by atoms with van der Waals surface area (Å²) in [6.07, 6.45) is 8.01. The maximum absolute atomic E-state index is 3.97. The first-order valence-electron chi connectivity index (χ1n) is 9.53. The van der Waals surface area contributed by atoms with Crippen molar-refractivity contribution in [3.63, 3.8) is 0 Å². The van der Waals surface area contributed by atoms with Crippen molar-refractivity contribution in [3.8, 4) is 11.1 Å². The first kappa shape index (κ1) is 18.1. The Morgan fingerprint density at radius 3 is 2.69 bits per heavy atom. The van der Waals surface area contributed by atoms with Gasteiger partial charge in [0.05, 0.1) is 0 Å². The summed E-state index contributed by atoms with van der Waals surface area (Å²) in [4.78, 5) is 3.25. The summed E-state index contributed by atoms with van der Waals surface area (Å²) in [6, 6.07) is 17.4. The van der Waals surface area contributed by atoms with Gasteiger partial charge in [0.2, 0.25) is 0 Å². The van der Waals surface area contributed by atoms with E-state index in [2.05, 4.69) is 70.7 Å². The molecule has 0 saturated carbocycles. The smallest absolute Gasteiger partial charge is 0.0454 e. The normalized spacial score (nSPS) is 10.8. The molecule has 3 heteroatoms. The lowest BCUT2D eigenvalue weighted by molar-refractivity contribution is 0.641. The van der Waals surface area contributed by atoms with Crippen molar-refractivity contribution in [1.29, 1.82) is 0 Å². The zero-order chi connectivity index (χ0) is 18.2. The average Bonchev–Trinajstić information content (AvgIpc) is 3.15. The first-order valence-corrected chi connectivity index (χ1v) is 9.53. The molecule has 0 fully saturated rings. The molecule has 0 aliphatic rings. The van der Waals surface area contributed by atoms with E-state index in [4.69, 9.17) is 0 Å². The lowest BCUT2D eigenvalue weighted by Crippen LogP contribution is -2.04. The molecule has 3 rings (SSSR count). The van der Waals surface area contributed by atoms with Crippen LogP contribution in [-0.4, -0.2) is 18.6 Å². The Bertz CT molecular complexity index is 847. The SMILES string of the molecule is C=C(CCCCCCNc1cccc(-c2ccc3[nH]ccc3c2)c1)NC. The average molecular weight is 348 g/mol. The minimum Gasteiger partial charge on any atom is -0.392 e. The van der Waals surface area contributed by atoms with Crippen molar-refractivity contribution in [2.75, 3.05) is 18.9 Å². The Kier molecular flexibility index (Phi) is 6.37. The molecule has 0 spiro atoms. The molecular weight excluding hydrogens is 318 g/mol. The predicted molar refractivity (Wildman–Crippen MR) is 114 cm³/mol. The highest BCUT2D eigenvalue weighted by Crippen LogP contribution is 2.26. The molecule has 26 heavy (non-hydrogen) atoms. The second-order valence-corrected chi connectivity index (χ2v) is 6.81. The Labute approximate surface area is 156 Å². The van der Waals surface area contributed by atoms with Gasteiger partial charge >= 0.3 is 0 Å². The van der Waals surface area contributed by atoms with E-state index < -0.39 is 0 Å². The predicted octanol–water partition coefficient (Wildman–Crippen LogP) is 5.93. The highest BCUT2D eigenvalue weighted by Gasteiger charge is 2.02. The van der Waals surface area contributed by atoms with Crippen LogP contribution in [0.5, 0.6) is 0 Å². The van der Waals surface area contributed by atoms with E-state index in [0.717, 1.165) is 18.7 Å². The van der Waals surface area contributed by atoms with Crippen LogP contribution in [0.4, 0.5) is 5.69 Å². The van der Waals surface area contributed by atoms with E-state index in [-0.39, 0.29) is 0 Å². The van der Waals surface area contributed by atoms with Crippen molar-refractivity contribution in [2.45, 2.75) is 32.1 Å². The molecular formula is C23H29N3. The third-order valence-electron chi connectivity index (χ3n) is 4.84. The van der Waals surface area contributed by atoms with E-state index in [0.29, 0.717) is 0 Å². The Morgan fingerprint density at radius 2 is 1.81 bits per heavy atom. The van der Waals surface area contributed by atoms with Gasteiger partial charge in [0.15, 0.2) is 0 Å². The van der Waals surface area contributed by atoms with Gasteiger partial charge in [-0.3, -0.25) is 0 Å². The molecule has 1 aromatic heterocycles. The van der Waals surface area contributed by atoms with Gasteiger partial charge in [-0.05, 0) is 66.1 Å². The fourth-order valence-electron chi connectivity index (χ4n) is 3.22. The van der Waals surface area contributed by atoms with Crippen LogP contribution in [0.15, 0.2) is 67.0 Å². The Balaban J connectivity index is 1.47. The monoisotopic (exact) mass is 347 g/mol. The van der Waals surface area contributed by atoms with Gasteiger partial charge in [-0.1, -0.05) is 37.6 Å². The molecule has 3 aromatic rings. The van der Waals surface area contributed by atoms with Gasteiger partial charge in [0, 0.05) is 36.7 Å². The van der Waals surface area contributed by atoms with Gasteiger partial charge in [-0.15, -0.1) is 0 Å². The number of fused-ring (bicyclic) bond motifs is 1. The van der Waals surface area contributed by atoms with E-state index in [9.17, 15) is 0 Å². The van der Waals surface area contributed by atoms with Crippen LogP contribution in [0.25, 0.3) is 22.0 Å². The van der Waals surface area contributed by atoms with Crippen LogP contribution in [0.2, 0.25) is 0 Å². The molecule has 0 bridgehead atoms. The zero-order valence-corrected chi connectivity index (χ0v) is 15.6. The fourth-order valence-corrected chi connectivity index (χ4v) is 3.22. The molecule has 0 radical (unpaired) electrons. The van der Waals surface area contributed by atoms with Gasteiger partial charge < -0.3 is 15.6 Å². The lowest BCUT2D eigenvalue weighted by atomic mass is 10.0. The van der Waals surface area contributed by atoms with Crippen molar-refractivity contribution in [1.82, 2.24) is 10.3 Å². The van der Waals surface area contributed by atoms with Crippen molar-refractivity contribution < 1.29 is 0 Å². The molecule has 2 aromatic carbocycles. The highest BCUT2D eigenvalue weighted by molar-refractivity contribution is 5.85. The maximum Gasteiger partial charge on any atom is 0.0454 e. The third-order valence-corrected chi connectivity index (χ3v) is 4.84. The quantitative estimate of drug-likeness (QED) is 0.398. The second-order valence-electron chi connectivity index (χ2n) is 6.81. The number of unbranched alkanes of at least 4 members (excludes halogenated alkanes) is 3. The van der Waals surface area contributed by atoms with Crippen LogP contribution in [0, 0.1) is 0 Å². The Hall–Kier alpha value is -2.68. The number of benzene rings is 2. The highest BCUT2D eigenvalue weighted by atomic mass is 14.9. The molecule has 136 valence electrons. The van der Waals surface area contributed by atoms with E-state index in [1.807, 2.05) is 13.2 Å². The number of hydrogen-bond donors (Lipinski definition) is 3. The van der Waals surface area contributed by atoms with Gasteiger partial charge in [0.1, 0.15) is 0 Å². The van der Waals surface area contributed by atoms with Crippen molar-refractivity contribution >= 4 is 16.6 Å². The number of aromatic nitrogens is 1. The van der Waals surface area contributed by atoms with E-state index in [1.165, 1.54) is 53.4 Å². The number of aromatic amines is 1. The first-order chi connectivity index (χ1) is 12.8. The molecule has 3 nitrogen and oxygen atoms in total. The minimum absolute atomic E-state index is 1.02. The Morgan fingerprint density at radius 1 is 0.962 bits per heavy atom. The lowest BCUT2D eigenvalue weighted by Gasteiger charge is -2.09. The zero-order valence-electron chi connectivity index (χ0n) is 15.6.